The number of amides is 2. The standard InChI is InChI=1S/C30H31N3O4/c1-37-28-8-4-6-20-14-23(16-24(20)28)30(36)33-26(12-18-9-10-18)27(34)13-19(17-31)11-22-15-21-5-2-3-7-25(21)32-29(22)35/h2-8,16,18-19,22,26H,9-15H2,1H3,(H,32,35)(H,33,36)/t19-,22-,26?/m1/s1. The molecule has 7 nitrogen and oxygen atoms in total. The summed E-state index contributed by atoms with van der Waals surface area (Å²) in [5.74, 6) is -0.321. The van der Waals surface area contributed by atoms with Crippen LogP contribution in [0, 0.1) is 29.1 Å². The van der Waals surface area contributed by atoms with Crippen LogP contribution in [0.15, 0.2) is 48.0 Å². The number of anilines is 1. The third-order valence-corrected chi connectivity index (χ3v) is 7.64. The van der Waals surface area contributed by atoms with Crippen LogP contribution in [-0.4, -0.2) is 30.7 Å². The van der Waals surface area contributed by atoms with Crippen LogP contribution in [0.4, 0.5) is 5.69 Å². The molecule has 1 fully saturated rings. The Kier molecular flexibility index (Phi) is 7.09. The second kappa shape index (κ2) is 10.6. The van der Waals surface area contributed by atoms with E-state index in [4.69, 9.17) is 4.74 Å². The minimum Gasteiger partial charge on any atom is -0.496 e. The normalized spacial score (nSPS) is 19.4. The fraction of sp³-hybridized carbons (Fsp3) is 0.400. The zero-order valence-electron chi connectivity index (χ0n) is 21.0. The molecule has 1 saturated carbocycles. The van der Waals surface area contributed by atoms with Crippen molar-refractivity contribution in [1.82, 2.24) is 5.32 Å². The number of ether oxygens (including phenoxy) is 1. The Morgan fingerprint density at radius 2 is 1.92 bits per heavy atom. The summed E-state index contributed by atoms with van der Waals surface area (Å²) in [4.78, 5) is 39.2. The van der Waals surface area contributed by atoms with E-state index in [1.807, 2.05) is 48.5 Å². The van der Waals surface area contributed by atoms with Gasteiger partial charge in [0.15, 0.2) is 5.78 Å². The molecule has 0 saturated heterocycles. The Hall–Kier alpha value is -3.92. The van der Waals surface area contributed by atoms with Gasteiger partial charge in [-0.1, -0.05) is 43.2 Å². The van der Waals surface area contributed by atoms with Gasteiger partial charge in [0.05, 0.1) is 25.1 Å². The zero-order valence-corrected chi connectivity index (χ0v) is 21.0. The number of para-hydroxylation sites is 1. The molecule has 7 heteroatoms. The molecule has 0 spiro atoms. The second-order valence-electron chi connectivity index (χ2n) is 10.4. The quantitative estimate of drug-likeness (QED) is 0.511. The maximum Gasteiger partial charge on any atom is 0.248 e. The van der Waals surface area contributed by atoms with Crippen molar-refractivity contribution in [3.63, 3.8) is 0 Å². The maximum atomic E-state index is 13.4. The number of hydrogen-bond acceptors (Lipinski definition) is 5. The van der Waals surface area contributed by atoms with Gasteiger partial charge in [-0.05, 0) is 54.5 Å². The molecular weight excluding hydrogens is 466 g/mol. The Morgan fingerprint density at radius 3 is 2.68 bits per heavy atom. The van der Waals surface area contributed by atoms with Crippen LogP contribution in [0.2, 0.25) is 0 Å². The van der Waals surface area contributed by atoms with Gasteiger partial charge in [-0.3, -0.25) is 14.4 Å². The highest BCUT2D eigenvalue weighted by atomic mass is 16.5. The molecule has 3 atom stereocenters. The number of ketones is 1. The molecule has 2 aromatic rings. The highest BCUT2D eigenvalue weighted by Gasteiger charge is 2.34. The molecule has 0 radical (unpaired) electrons. The molecule has 3 aliphatic rings. The highest BCUT2D eigenvalue weighted by Crippen LogP contribution is 2.36. The predicted molar refractivity (Wildman–Crippen MR) is 140 cm³/mol. The Labute approximate surface area is 216 Å². The topological polar surface area (TPSA) is 108 Å². The summed E-state index contributed by atoms with van der Waals surface area (Å²) in [5.41, 5.74) is 4.36. The lowest BCUT2D eigenvalue weighted by atomic mass is 9.83. The summed E-state index contributed by atoms with van der Waals surface area (Å²) in [5, 5.41) is 15.7. The Bertz CT molecular complexity index is 1300. The van der Waals surface area contributed by atoms with Crippen LogP contribution in [0.1, 0.15) is 48.8 Å². The summed E-state index contributed by atoms with van der Waals surface area (Å²) in [6.07, 6.45) is 5.89. The SMILES string of the molecule is COc1cccc2c1C=C(C(=O)NC(CC1CC1)C(=O)C[C@H](C#N)C[C@@H]1Cc3ccccc3NC1=O)C2. The molecule has 2 amide bonds. The van der Waals surface area contributed by atoms with Crippen LogP contribution >= 0.6 is 0 Å². The molecule has 1 heterocycles. The van der Waals surface area contributed by atoms with E-state index in [0.29, 0.717) is 37.2 Å². The molecule has 2 aliphatic carbocycles. The molecule has 37 heavy (non-hydrogen) atoms. The number of carbonyl (C=O) groups is 3. The molecular formula is C30H31N3O4. The van der Waals surface area contributed by atoms with Gasteiger partial charge in [0.2, 0.25) is 11.8 Å². The van der Waals surface area contributed by atoms with Crippen molar-refractivity contribution < 1.29 is 19.1 Å². The summed E-state index contributed by atoms with van der Waals surface area (Å²) in [6.45, 7) is 0. The van der Waals surface area contributed by atoms with E-state index in [1.54, 1.807) is 7.11 Å². The van der Waals surface area contributed by atoms with Gasteiger partial charge in [-0.2, -0.15) is 5.26 Å². The van der Waals surface area contributed by atoms with Crippen molar-refractivity contribution in [2.45, 2.75) is 51.0 Å². The number of methoxy groups -OCH3 is 1. The summed E-state index contributed by atoms with van der Waals surface area (Å²) < 4.78 is 5.42. The lowest BCUT2D eigenvalue weighted by molar-refractivity contribution is -0.127. The first-order valence-electron chi connectivity index (χ1n) is 12.9. The van der Waals surface area contributed by atoms with Crippen LogP contribution < -0.4 is 15.4 Å². The number of carbonyl (C=O) groups excluding carboxylic acids is 3. The summed E-state index contributed by atoms with van der Waals surface area (Å²) in [7, 11) is 1.60. The van der Waals surface area contributed by atoms with Crippen molar-refractivity contribution in [2.24, 2.45) is 17.8 Å². The van der Waals surface area contributed by atoms with Gasteiger partial charge in [-0.15, -0.1) is 0 Å². The smallest absolute Gasteiger partial charge is 0.248 e. The molecule has 5 rings (SSSR count). The van der Waals surface area contributed by atoms with Crippen molar-refractivity contribution >= 4 is 29.4 Å². The van der Waals surface area contributed by atoms with Gasteiger partial charge >= 0.3 is 0 Å². The first-order chi connectivity index (χ1) is 17.9. The molecule has 1 unspecified atom stereocenters. The van der Waals surface area contributed by atoms with Gasteiger partial charge in [0, 0.05) is 35.6 Å². The number of Topliss-reactive ketones (excluding diaryl/α,β-unsaturated/α-hetero) is 1. The molecule has 2 aromatic carbocycles. The van der Waals surface area contributed by atoms with Crippen molar-refractivity contribution in [2.75, 3.05) is 12.4 Å². The van der Waals surface area contributed by atoms with Crippen molar-refractivity contribution in [1.29, 1.82) is 5.26 Å². The first-order valence-corrected chi connectivity index (χ1v) is 12.9. The molecule has 2 N–H and O–H groups in total. The zero-order chi connectivity index (χ0) is 25.9. The molecule has 0 bridgehead atoms. The van der Waals surface area contributed by atoms with E-state index in [0.717, 1.165) is 41.0 Å². The molecule has 0 aromatic heterocycles. The second-order valence-corrected chi connectivity index (χ2v) is 10.4. The van der Waals surface area contributed by atoms with Gasteiger partial charge in [0.25, 0.3) is 0 Å². The first kappa shape index (κ1) is 24.8. The monoisotopic (exact) mass is 497 g/mol. The number of nitriles is 1. The van der Waals surface area contributed by atoms with E-state index >= 15 is 0 Å². The minimum atomic E-state index is -0.636. The van der Waals surface area contributed by atoms with E-state index in [1.165, 1.54) is 0 Å². The van der Waals surface area contributed by atoms with Crippen molar-refractivity contribution in [3.8, 4) is 11.8 Å². The van der Waals surface area contributed by atoms with Crippen molar-refractivity contribution in [3.05, 3.63) is 64.7 Å². The number of rotatable bonds is 10. The fourth-order valence-corrected chi connectivity index (χ4v) is 5.38. The number of hydrogen-bond donors (Lipinski definition) is 2. The van der Waals surface area contributed by atoms with Crippen LogP contribution in [0.3, 0.4) is 0 Å². The Balaban J connectivity index is 1.23. The average molecular weight is 498 g/mol. The number of nitrogens with one attached hydrogen (secondary N) is 2. The van der Waals surface area contributed by atoms with Gasteiger partial charge in [-0.25, -0.2) is 0 Å². The van der Waals surface area contributed by atoms with Crippen LogP contribution in [0.25, 0.3) is 6.08 Å². The van der Waals surface area contributed by atoms with E-state index in [2.05, 4.69) is 16.7 Å². The predicted octanol–water partition coefficient (Wildman–Crippen LogP) is 4.22. The number of benzene rings is 2. The number of nitrogens with zero attached hydrogens (tertiary/aromatic N) is 1. The fourth-order valence-electron chi connectivity index (χ4n) is 5.38. The summed E-state index contributed by atoms with van der Waals surface area (Å²) in [6, 6.07) is 15.0. The van der Waals surface area contributed by atoms with Crippen LogP contribution in [0.5, 0.6) is 5.75 Å². The lowest BCUT2D eigenvalue weighted by Crippen LogP contribution is -2.42. The van der Waals surface area contributed by atoms with Gasteiger partial charge in [0.1, 0.15) is 5.75 Å². The third kappa shape index (κ3) is 5.59. The van der Waals surface area contributed by atoms with E-state index in [-0.39, 0.29) is 29.9 Å². The number of fused-ring (bicyclic) bond motifs is 2. The molecule has 1 aliphatic heterocycles. The third-order valence-electron chi connectivity index (χ3n) is 7.64. The minimum absolute atomic E-state index is 0.0205. The largest absolute Gasteiger partial charge is 0.496 e. The summed E-state index contributed by atoms with van der Waals surface area (Å²) >= 11 is 0. The Morgan fingerprint density at radius 1 is 1.14 bits per heavy atom. The average Bonchev–Trinajstić information content (AvgIpc) is 3.61. The highest BCUT2D eigenvalue weighted by molar-refractivity contribution is 6.03. The van der Waals surface area contributed by atoms with Gasteiger partial charge < -0.3 is 15.4 Å². The van der Waals surface area contributed by atoms with Crippen LogP contribution in [-0.2, 0) is 27.2 Å². The van der Waals surface area contributed by atoms with E-state index in [9.17, 15) is 19.6 Å². The van der Waals surface area contributed by atoms with E-state index < -0.39 is 12.0 Å². The maximum absolute atomic E-state index is 13.4. The molecule has 190 valence electrons. The lowest BCUT2D eigenvalue weighted by Gasteiger charge is -2.26.